The van der Waals surface area contributed by atoms with Crippen LogP contribution in [0.1, 0.15) is 11.7 Å². The van der Waals surface area contributed by atoms with E-state index >= 15 is 0 Å². The third-order valence-electron chi connectivity index (χ3n) is 2.57. The Hall–Kier alpha value is -1.14. The molecule has 0 heterocycles. The summed E-state index contributed by atoms with van der Waals surface area (Å²) >= 11 is 2.18. The number of ether oxygens (including phenoxy) is 1. The van der Waals surface area contributed by atoms with E-state index in [4.69, 9.17) is 10.5 Å². The van der Waals surface area contributed by atoms with Crippen molar-refractivity contribution in [1.82, 2.24) is 0 Å². The fourth-order valence-electron chi connectivity index (χ4n) is 1.67. The minimum absolute atomic E-state index is 0.228. The molecule has 1 atom stereocenters. The zero-order valence-corrected chi connectivity index (χ0v) is 11.8. The monoisotopic (exact) mass is 357 g/mol. The molecule has 2 aromatic rings. The van der Waals surface area contributed by atoms with Crippen LogP contribution in [-0.4, -0.2) is 6.54 Å². The molecule has 0 fully saturated rings. The first-order valence-electron chi connectivity index (χ1n) is 5.58. The molecule has 2 N–H and O–H groups in total. The highest BCUT2D eigenvalue weighted by Gasteiger charge is 2.16. The lowest BCUT2D eigenvalue weighted by Crippen LogP contribution is -2.20. The standard InChI is InChI=1S/C14H13FINO/c15-11-6-2-1-5-10(11)14(9-17)18-13-8-4-3-7-12(13)16/h1-8,14H,9,17H2. The predicted molar refractivity (Wildman–Crippen MR) is 78.0 cm³/mol. The Labute approximate surface area is 119 Å². The van der Waals surface area contributed by atoms with Crippen molar-refractivity contribution in [3.8, 4) is 5.75 Å². The van der Waals surface area contributed by atoms with Crippen molar-refractivity contribution in [2.75, 3.05) is 6.54 Å². The lowest BCUT2D eigenvalue weighted by molar-refractivity contribution is 0.207. The summed E-state index contributed by atoms with van der Waals surface area (Å²) in [4.78, 5) is 0. The highest BCUT2D eigenvalue weighted by molar-refractivity contribution is 14.1. The van der Waals surface area contributed by atoms with Gasteiger partial charge in [-0.2, -0.15) is 0 Å². The van der Waals surface area contributed by atoms with Gasteiger partial charge in [-0.05, 0) is 40.8 Å². The van der Waals surface area contributed by atoms with Gasteiger partial charge in [-0.3, -0.25) is 0 Å². The quantitative estimate of drug-likeness (QED) is 0.850. The smallest absolute Gasteiger partial charge is 0.139 e. The topological polar surface area (TPSA) is 35.2 Å². The van der Waals surface area contributed by atoms with E-state index in [0.717, 1.165) is 9.32 Å². The van der Waals surface area contributed by atoms with Crippen molar-refractivity contribution in [3.63, 3.8) is 0 Å². The van der Waals surface area contributed by atoms with Gasteiger partial charge in [0.15, 0.2) is 0 Å². The molecular formula is C14H13FINO. The summed E-state index contributed by atoms with van der Waals surface area (Å²) in [6, 6.07) is 14.1. The molecule has 2 aromatic carbocycles. The summed E-state index contributed by atoms with van der Waals surface area (Å²) in [5.74, 6) is 0.427. The Morgan fingerprint density at radius 1 is 1.11 bits per heavy atom. The van der Waals surface area contributed by atoms with Gasteiger partial charge in [-0.25, -0.2) is 4.39 Å². The van der Waals surface area contributed by atoms with Crippen molar-refractivity contribution in [2.24, 2.45) is 5.73 Å². The zero-order valence-electron chi connectivity index (χ0n) is 9.64. The van der Waals surface area contributed by atoms with Crippen LogP contribution < -0.4 is 10.5 Å². The number of halogens is 2. The number of rotatable bonds is 4. The summed E-state index contributed by atoms with van der Waals surface area (Å²) in [5.41, 5.74) is 6.16. The van der Waals surface area contributed by atoms with Crippen LogP contribution in [0.4, 0.5) is 4.39 Å². The Bertz CT molecular complexity index is 533. The second-order valence-electron chi connectivity index (χ2n) is 3.79. The van der Waals surface area contributed by atoms with Gasteiger partial charge in [0, 0.05) is 12.1 Å². The number of benzene rings is 2. The second-order valence-corrected chi connectivity index (χ2v) is 4.96. The molecule has 2 nitrogen and oxygen atoms in total. The van der Waals surface area contributed by atoms with Crippen molar-refractivity contribution < 1.29 is 9.13 Å². The Morgan fingerprint density at radius 2 is 1.78 bits per heavy atom. The maximum Gasteiger partial charge on any atom is 0.139 e. The Kier molecular flexibility index (Phi) is 4.54. The fraction of sp³-hybridized carbons (Fsp3) is 0.143. The van der Waals surface area contributed by atoms with Crippen LogP contribution in [0.15, 0.2) is 48.5 Å². The van der Waals surface area contributed by atoms with Crippen molar-refractivity contribution in [2.45, 2.75) is 6.10 Å². The molecular weight excluding hydrogens is 344 g/mol. The summed E-state index contributed by atoms with van der Waals surface area (Å²) in [6.45, 7) is 0.228. The van der Waals surface area contributed by atoms with Crippen LogP contribution in [-0.2, 0) is 0 Å². The molecule has 0 saturated heterocycles. The highest BCUT2D eigenvalue weighted by atomic mass is 127. The molecule has 18 heavy (non-hydrogen) atoms. The minimum Gasteiger partial charge on any atom is -0.483 e. The lowest BCUT2D eigenvalue weighted by atomic mass is 10.1. The van der Waals surface area contributed by atoms with Gasteiger partial charge in [0.05, 0.1) is 3.57 Å². The number of hydrogen-bond donors (Lipinski definition) is 1. The van der Waals surface area contributed by atoms with E-state index in [1.807, 2.05) is 24.3 Å². The molecule has 0 spiro atoms. The van der Waals surface area contributed by atoms with E-state index in [0.29, 0.717) is 5.56 Å². The number of nitrogens with two attached hydrogens (primary N) is 1. The minimum atomic E-state index is -0.470. The summed E-state index contributed by atoms with van der Waals surface area (Å²) < 4.78 is 20.5. The molecule has 1 unspecified atom stereocenters. The number of para-hydroxylation sites is 1. The lowest BCUT2D eigenvalue weighted by Gasteiger charge is -2.19. The average Bonchev–Trinajstić information content (AvgIpc) is 2.39. The first-order valence-corrected chi connectivity index (χ1v) is 6.66. The third kappa shape index (κ3) is 3.00. The van der Waals surface area contributed by atoms with Gasteiger partial charge in [0.25, 0.3) is 0 Å². The molecule has 0 bridgehead atoms. The highest BCUT2D eigenvalue weighted by Crippen LogP contribution is 2.27. The van der Waals surface area contributed by atoms with Crippen LogP contribution in [0, 0.1) is 9.39 Å². The predicted octanol–water partition coefficient (Wildman–Crippen LogP) is 3.51. The molecule has 2 rings (SSSR count). The van der Waals surface area contributed by atoms with Crippen molar-refractivity contribution in [3.05, 3.63) is 63.5 Å². The van der Waals surface area contributed by atoms with Gasteiger partial charge in [0.1, 0.15) is 17.7 Å². The fourth-order valence-corrected chi connectivity index (χ4v) is 2.18. The van der Waals surface area contributed by atoms with E-state index in [9.17, 15) is 4.39 Å². The number of hydrogen-bond acceptors (Lipinski definition) is 2. The van der Waals surface area contributed by atoms with Gasteiger partial charge in [0.2, 0.25) is 0 Å². The summed E-state index contributed by atoms with van der Waals surface area (Å²) in [6.07, 6.45) is -0.470. The van der Waals surface area contributed by atoms with Crippen LogP contribution >= 0.6 is 22.6 Å². The first kappa shape index (κ1) is 13.3. The largest absolute Gasteiger partial charge is 0.483 e. The average molecular weight is 357 g/mol. The van der Waals surface area contributed by atoms with E-state index in [1.165, 1.54) is 6.07 Å². The van der Waals surface area contributed by atoms with Crippen LogP contribution in [0.25, 0.3) is 0 Å². The zero-order chi connectivity index (χ0) is 13.0. The maximum atomic E-state index is 13.7. The summed E-state index contributed by atoms with van der Waals surface area (Å²) in [7, 11) is 0. The van der Waals surface area contributed by atoms with E-state index in [2.05, 4.69) is 22.6 Å². The van der Waals surface area contributed by atoms with E-state index in [1.54, 1.807) is 18.2 Å². The Morgan fingerprint density at radius 3 is 2.44 bits per heavy atom. The van der Waals surface area contributed by atoms with Crippen LogP contribution in [0.5, 0.6) is 5.75 Å². The Balaban J connectivity index is 2.26. The van der Waals surface area contributed by atoms with Gasteiger partial charge < -0.3 is 10.5 Å². The molecule has 4 heteroatoms. The second kappa shape index (κ2) is 6.15. The first-order chi connectivity index (χ1) is 8.72. The molecule has 0 aliphatic heterocycles. The van der Waals surface area contributed by atoms with Gasteiger partial charge in [-0.15, -0.1) is 0 Å². The molecule has 0 radical (unpaired) electrons. The van der Waals surface area contributed by atoms with Crippen molar-refractivity contribution >= 4 is 22.6 Å². The van der Waals surface area contributed by atoms with Crippen LogP contribution in [0.3, 0.4) is 0 Å². The van der Waals surface area contributed by atoms with Gasteiger partial charge in [-0.1, -0.05) is 30.3 Å². The third-order valence-corrected chi connectivity index (χ3v) is 3.46. The molecule has 0 amide bonds. The van der Waals surface area contributed by atoms with Crippen LogP contribution in [0.2, 0.25) is 0 Å². The molecule has 0 aliphatic carbocycles. The summed E-state index contributed by atoms with van der Waals surface area (Å²) in [5, 5.41) is 0. The molecule has 94 valence electrons. The SMILES string of the molecule is NCC(Oc1ccccc1I)c1ccccc1F. The maximum absolute atomic E-state index is 13.7. The molecule has 0 aromatic heterocycles. The van der Waals surface area contributed by atoms with E-state index < -0.39 is 6.10 Å². The molecule has 0 saturated carbocycles. The normalized spacial score (nSPS) is 12.2. The molecule has 0 aliphatic rings. The van der Waals surface area contributed by atoms with Gasteiger partial charge >= 0.3 is 0 Å². The van der Waals surface area contributed by atoms with Crippen molar-refractivity contribution in [1.29, 1.82) is 0 Å². The van der Waals surface area contributed by atoms with E-state index in [-0.39, 0.29) is 12.4 Å².